The van der Waals surface area contributed by atoms with Crippen LogP contribution in [0, 0.1) is 0 Å². The second-order valence-electron chi connectivity index (χ2n) is 7.31. The lowest BCUT2D eigenvalue weighted by atomic mass is 9.98. The Balaban J connectivity index is 1.57. The smallest absolute Gasteiger partial charge is 0.138 e. The van der Waals surface area contributed by atoms with Crippen molar-refractivity contribution in [3.63, 3.8) is 0 Å². The van der Waals surface area contributed by atoms with E-state index in [9.17, 15) is 0 Å². The number of hydrogen-bond donors (Lipinski definition) is 2. The third kappa shape index (κ3) is 3.17. The average molecular weight is 368 g/mol. The summed E-state index contributed by atoms with van der Waals surface area (Å²) in [4.78, 5) is 5.91. The Labute approximate surface area is 158 Å². The number of nitrogens with two attached hydrogens (primary N) is 2. The van der Waals surface area contributed by atoms with E-state index < -0.39 is 0 Å². The number of allylic oxidation sites excluding steroid dienone is 3. The maximum Gasteiger partial charge on any atom is 0.138 e. The Morgan fingerprint density at radius 1 is 1.31 bits per heavy atom. The molecule has 2 aliphatic rings. The van der Waals surface area contributed by atoms with Crippen molar-refractivity contribution in [1.29, 1.82) is 0 Å². The highest BCUT2D eigenvalue weighted by molar-refractivity contribution is 7.15. The van der Waals surface area contributed by atoms with Gasteiger partial charge in [0.15, 0.2) is 0 Å². The zero-order chi connectivity index (χ0) is 18.3. The predicted molar refractivity (Wildman–Crippen MR) is 107 cm³/mol. The lowest BCUT2D eigenvalue weighted by Crippen LogP contribution is -2.14. The van der Waals surface area contributed by atoms with E-state index in [0.29, 0.717) is 0 Å². The van der Waals surface area contributed by atoms with Crippen LogP contribution < -0.4 is 11.5 Å². The Hall–Kier alpha value is -2.11. The van der Waals surface area contributed by atoms with E-state index in [0.717, 1.165) is 35.7 Å². The summed E-state index contributed by atoms with van der Waals surface area (Å²) in [6.07, 6.45) is 9.10. The van der Waals surface area contributed by atoms with E-state index in [-0.39, 0.29) is 18.1 Å². The van der Waals surface area contributed by atoms with Gasteiger partial charge in [0.1, 0.15) is 10.8 Å². The first kappa shape index (κ1) is 17.3. The number of nitrogens with zero attached hydrogens (tertiary/aromatic N) is 1. The van der Waals surface area contributed by atoms with Gasteiger partial charge in [-0.25, -0.2) is 4.98 Å². The van der Waals surface area contributed by atoms with Crippen molar-refractivity contribution in [1.82, 2.24) is 4.98 Å². The van der Waals surface area contributed by atoms with Crippen molar-refractivity contribution in [2.24, 2.45) is 11.5 Å². The predicted octanol–water partition coefficient (Wildman–Crippen LogP) is 4.39. The molecular weight excluding hydrogens is 342 g/mol. The Bertz CT molecular complexity index is 881. The summed E-state index contributed by atoms with van der Waals surface area (Å²) in [7, 11) is 0. The van der Waals surface area contributed by atoms with Crippen LogP contribution in [0.1, 0.15) is 54.8 Å². The van der Waals surface area contributed by atoms with Gasteiger partial charge in [0.05, 0.1) is 16.7 Å². The fraction of sp³-hybridized carbons (Fsp3) is 0.381. The monoisotopic (exact) mass is 367 g/mol. The van der Waals surface area contributed by atoms with Crippen molar-refractivity contribution in [3.8, 4) is 10.4 Å². The van der Waals surface area contributed by atoms with Crippen LogP contribution in [0.15, 0.2) is 48.0 Å². The van der Waals surface area contributed by atoms with Gasteiger partial charge in [-0.3, -0.25) is 0 Å². The van der Waals surface area contributed by atoms with Crippen LogP contribution in [0.3, 0.4) is 0 Å². The van der Waals surface area contributed by atoms with Gasteiger partial charge in [0.2, 0.25) is 0 Å². The van der Waals surface area contributed by atoms with E-state index >= 15 is 0 Å². The molecular formula is C21H25N3OS. The summed E-state index contributed by atoms with van der Waals surface area (Å²) in [5, 5.41) is 1.10. The van der Waals surface area contributed by atoms with E-state index in [1.807, 2.05) is 26.1 Å². The molecule has 1 aromatic carbocycles. The molecule has 4 nitrogen and oxygen atoms in total. The molecule has 0 aliphatic heterocycles. The van der Waals surface area contributed by atoms with E-state index in [1.165, 1.54) is 21.6 Å². The second-order valence-corrected chi connectivity index (χ2v) is 8.37. The highest BCUT2D eigenvalue weighted by Gasteiger charge is 2.24. The Morgan fingerprint density at radius 3 is 2.92 bits per heavy atom. The van der Waals surface area contributed by atoms with Gasteiger partial charge in [0, 0.05) is 24.6 Å². The van der Waals surface area contributed by atoms with Crippen LogP contribution in [0.2, 0.25) is 0 Å². The molecule has 1 aromatic heterocycles. The SMILES string of the molecule is CC(C)OC1=C(N)CC(c2ncc(-c3cccc4c3CCC4N)s2)C=C1. The number of fused-ring (bicyclic) bond motifs is 1. The number of benzene rings is 1. The normalized spacial score (nSPS) is 22.2. The lowest BCUT2D eigenvalue weighted by Gasteiger charge is -2.20. The summed E-state index contributed by atoms with van der Waals surface area (Å²) in [6, 6.07) is 6.62. The third-order valence-electron chi connectivity index (χ3n) is 5.02. The Morgan fingerprint density at radius 2 is 2.15 bits per heavy atom. The van der Waals surface area contributed by atoms with Gasteiger partial charge in [-0.05, 0) is 49.5 Å². The summed E-state index contributed by atoms with van der Waals surface area (Å²) < 4.78 is 5.76. The zero-order valence-corrected chi connectivity index (χ0v) is 16.1. The highest BCUT2D eigenvalue weighted by atomic mass is 32.1. The minimum atomic E-state index is 0.128. The molecule has 0 saturated carbocycles. The van der Waals surface area contributed by atoms with Gasteiger partial charge >= 0.3 is 0 Å². The molecule has 1 heterocycles. The number of hydrogen-bond acceptors (Lipinski definition) is 5. The maximum atomic E-state index is 6.23. The summed E-state index contributed by atoms with van der Waals surface area (Å²) in [5.41, 5.74) is 17.2. The first-order chi connectivity index (χ1) is 12.5. The van der Waals surface area contributed by atoms with Crippen LogP contribution in [0.4, 0.5) is 0 Å². The molecule has 0 bridgehead atoms. The zero-order valence-electron chi connectivity index (χ0n) is 15.2. The van der Waals surface area contributed by atoms with Crippen LogP contribution in [-0.4, -0.2) is 11.1 Å². The summed E-state index contributed by atoms with van der Waals surface area (Å²) in [6.45, 7) is 4.02. The molecule has 0 spiro atoms. The van der Waals surface area contributed by atoms with E-state index in [1.54, 1.807) is 11.3 Å². The minimum Gasteiger partial charge on any atom is -0.489 e. The largest absolute Gasteiger partial charge is 0.489 e. The number of thiazole rings is 1. The molecule has 0 amide bonds. The highest BCUT2D eigenvalue weighted by Crippen LogP contribution is 2.40. The van der Waals surface area contributed by atoms with E-state index in [2.05, 4.69) is 24.3 Å². The molecule has 4 rings (SSSR count). The minimum absolute atomic E-state index is 0.128. The average Bonchev–Trinajstić information content (AvgIpc) is 3.24. The lowest BCUT2D eigenvalue weighted by molar-refractivity contribution is 0.153. The van der Waals surface area contributed by atoms with Gasteiger partial charge in [-0.2, -0.15) is 0 Å². The summed E-state index contributed by atoms with van der Waals surface area (Å²) in [5.74, 6) is 1.01. The molecule has 26 heavy (non-hydrogen) atoms. The molecule has 2 aromatic rings. The van der Waals surface area contributed by atoms with Gasteiger partial charge in [-0.1, -0.05) is 24.3 Å². The molecule has 0 saturated heterocycles. The van der Waals surface area contributed by atoms with Crippen molar-refractivity contribution < 1.29 is 4.74 Å². The standard InChI is InChI=1S/C21H25N3OS/c1-12(2)25-19-9-6-13(10-18(19)23)21-24-11-20(26-21)16-5-3-4-15-14(16)7-8-17(15)22/h3-6,9,11-13,17H,7-8,10,22-23H2,1-2H3. The molecule has 2 atom stereocenters. The number of rotatable bonds is 4. The van der Waals surface area contributed by atoms with Crippen molar-refractivity contribution in [3.05, 3.63) is 64.1 Å². The molecule has 4 N–H and O–H groups in total. The van der Waals surface area contributed by atoms with Crippen molar-refractivity contribution in [2.45, 2.75) is 51.2 Å². The fourth-order valence-electron chi connectivity index (χ4n) is 3.76. The van der Waals surface area contributed by atoms with Gasteiger partial charge in [0.25, 0.3) is 0 Å². The van der Waals surface area contributed by atoms with Crippen molar-refractivity contribution >= 4 is 11.3 Å². The van der Waals surface area contributed by atoms with Crippen LogP contribution in [0.25, 0.3) is 10.4 Å². The van der Waals surface area contributed by atoms with Gasteiger partial charge in [-0.15, -0.1) is 11.3 Å². The van der Waals surface area contributed by atoms with Crippen molar-refractivity contribution in [2.75, 3.05) is 0 Å². The Kier molecular flexibility index (Phi) is 4.59. The maximum absolute atomic E-state index is 6.23. The van der Waals surface area contributed by atoms with Crippen LogP contribution in [0.5, 0.6) is 0 Å². The molecule has 0 radical (unpaired) electrons. The van der Waals surface area contributed by atoms with Crippen LogP contribution in [-0.2, 0) is 11.2 Å². The quantitative estimate of drug-likeness (QED) is 0.840. The molecule has 2 aliphatic carbocycles. The first-order valence-electron chi connectivity index (χ1n) is 9.20. The number of ether oxygens (including phenoxy) is 1. The fourth-order valence-corrected chi connectivity index (χ4v) is 4.81. The van der Waals surface area contributed by atoms with E-state index in [4.69, 9.17) is 21.2 Å². The second kappa shape index (κ2) is 6.89. The van der Waals surface area contributed by atoms with Crippen LogP contribution >= 0.6 is 11.3 Å². The molecule has 0 fully saturated rings. The third-order valence-corrected chi connectivity index (χ3v) is 6.18. The topological polar surface area (TPSA) is 74.2 Å². The molecule has 5 heteroatoms. The number of aromatic nitrogens is 1. The first-order valence-corrected chi connectivity index (χ1v) is 10.0. The summed E-state index contributed by atoms with van der Waals surface area (Å²) >= 11 is 1.75. The van der Waals surface area contributed by atoms with Gasteiger partial charge < -0.3 is 16.2 Å². The molecule has 2 unspecified atom stereocenters. The molecule has 136 valence electrons.